The Kier molecular flexibility index (Phi) is 7.93. The predicted octanol–water partition coefficient (Wildman–Crippen LogP) is 5.69. The number of hydrogen-bond acceptors (Lipinski definition) is 2. The second kappa shape index (κ2) is 8.31. The number of aromatic nitrogens is 2. The molecule has 19 heavy (non-hydrogen) atoms. The number of unbranched alkanes of at least 4 members (excludes halogenated alkanes) is 1. The molecule has 0 bridgehead atoms. The average Bonchev–Trinajstić information content (AvgIpc) is 2.31. The molecule has 108 valence electrons. The van der Waals surface area contributed by atoms with Crippen LogP contribution in [0.1, 0.15) is 65.6 Å². The van der Waals surface area contributed by atoms with Crippen LogP contribution in [0.5, 0.6) is 0 Å². The molecule has 0 fully saturated rings. The van der Waals surface area contributed by atoms with E-state index >= 15 is 0 Å². The third-order valence-electron chi connectivity index (χ3n) is 3.04. The summed E-state index contributed by atoms with van der Waals surface area (Å²) in [7, 11) is 0. The molecule has 0 aromatic carbocycles. The second-order valence-corrected chi connectivity index (χ2v) is 6.10. The van der Waals surface area contributed by atoms with Gasteiger partial charge in [0.05, 0.1) is 0 Å². The summed E-state index contributed by atoms with van der Waals surface area (Å²) in [4.78, 5) is 8.10. The highest BCUT2D eigenvalue weighted by atomic mass is 35.5. The molecule has 0 spiro atoms. The van der Waals surface area contributed by atoms with Gasteiger partial charge in [-0.05, 0) is 30.9 Å². The van der Waals surface area contributed by atoms with Gasteiger partial charge in [-0.3, -0.25) is 0 Å². The number of allylic oxidation sites excluding steroid dienone is 1. The van der Waals surface area contributed by atoms with Gasteiger partial charge in [0.25, 0.3) is 0 Å². The smallest absolute Gasteiger partial charge is 0.222 e. The monoisotopic (exact) mass is 282 g/mol. The van der Waals surface area contributed by atoms with Gasteiger partial charge in [-0.1, -0.05) is 59.1 Å². The summed E-state index contributed by atoms with van der Waals surface area (Å²) in [6.45, 7) is 15.0. The Morgan fingerprint density at radius 1 is 1.26 bits per heavy atom. The van der Waals surface area contributed by atoms with Crippen LogP contribution in [0, 0.1) is 12.3 Å². The molecule has 0 radical (unpaired) electrons. The highest BCUT2D eigenvalue weighted by Crippen LogP contribution is 2.26. The largest absolute Gasteiger partial charge is 0.226 e. The summed E-state index contributed by atoms with van der Waals surface area (Å²) < 4.78 is 0. The normalized spacial score (nSPS) is 11.9. The summed E-state index contributed by atoms with van der Waals surface area (Å²) >= 11 is 5.70. The van der Waals surface area contributed by atoms with E-state index in [1.165, 1.54) is 18.4 Å². The van der Waals surface area contributed by atoms with Crippen molar-refractivity contribution in [3.63, 3.8) is 0 Å². The third-order valence-corrected chi connectivity index (χ3v) is 3.23. The minimum atomic E-state index is 0.173. The molecule has 0 N–H and O–H groups in total. The second-order valence-electron chi connectivity index (χ2n) is 5.76. The molecule has 0 saturated heterocycles. The molecular formula is C16H27ClN2. The van der Waals surface area contributed by atoms with Crippen LogP contribution in [0.15, 0.2) is 11.8 Å². The van der Waals surface area contributed by atoms with E-state index in [9.17, 15) is 0 Å². The Bertz CT molecular complexity index is 415. The van der Waals surface area contributed by atoms with Gasteiger partial charge in [0, 0.05) is 17.5 Å². The minimum absolute atomic E-state index is 0.173. The molecule has 0 atom stereocenters. The molecule has 1 aromatic heterocycles. The molecule has 1 rings (SSSR count). The number of halogens is 1. The van der Waals surface area contributed by atoms with Crippen LogP contribution in [0.25, 0.3) is 6.08 Å². The van der Waals surface area contributed by atoms with Crippen molar-refractivity contribution in [2.75, 3.05) is 0 Å². The van der Waals surface area contributed by atoms with Gasteiger partial charge in [-0.25, -0.2) is 9.97 Å². The van der Waals surface area contributed by atoms with E-state index in [1.807, 2.05) is 6.92 Å². The maximum atomic E-state index is 5.70. The van der Waals surface area contributed by atoms with E-state index in [1.54, 1.807) is 6.20 Å². The minimum Gasteiger partial charge on any atom is -0.226 e. The standard InChI is InChI=1S/C12H17ClN2.C4H10/c1-8(12(3,4)5)6-10-7-14-11(13)15-9(10)2;1-3-4-2/h6-7H,1-5H3;3-4H2,1-2H3/b8-6+;. The van der Waals surface area contributed by atoms with Crippen LogP contribution < -0.4 is 0 Å². The average molecular weight is 283 g/mol. The van der Waals surface area contributed by atoms with Gasteiger partial charge < -0.3 is 0 Å². The summed E-state index contributed by atoms with van der Waals surface area (Å²) in [5.74, 6) is 0. The Hall–Kier alpha value is -0.890. The van der Waals surface area contributed by atoms with Crippen molar-refractivity contribution in [1.82, 2.24) is 9.97 Å². The lowest BCUT2D eigenvalue weighted by Gasteiger charge is -2.19. The van der Waals surface area contributed by atoms with E-state index in [2.05, 4.69) is 57.6 Å². The van der Waals surface area contributed by atoms with Crippen LogP contribution >= 0.6 is 11.6 Å². The SMILES string of the molecule is C/C(=C\c1cnc(Cl)nc1C)C(C)(C)C.CCCC. The third kappa shape index (κ3) is 7.31. The van der Waals surface area contributed by atoms with Crippen molar-refractivity contribution >= 4 is 17.7 Å². The Balaban J connectivity index is 0.000000711. The lowest BCUT2D eigenvalue weighted by molar-refractivity contribution is 0.508. The van der Waals surface area contributed by atoms with E-state index in [0.717, 1.165) is 11.3 Å². The van der Waals surface area contributed by atoms with Crippen LogP contribution in [-0.4, -0.2) is 9.97 Å². The highest BCUT2D eigenvalue weighted by Gasteiger charge is 2.12. The van der Waals surface area contributed by atoms with Gasteiger partial charge in [0.1, 0.15) is 0 Å². The molecular weight excluding hydrogens is 256 g/mol. The number of aryl methyl sites for hydroxylation is 1. The maximum absolute atomic E-state index is 5.70. The van der Waals surface area contributed by atoms with Crippen molar-refractivity contribution in [2.45, 2.75) is 61.3 Å². The molecule has 1 aromatic rings. The maximum Gasteiger partial charge on any atom is 0.222 e. The van der Waals surface area contributed by atoms with Crippen molar-refractivity contribution < 1.29 is 0 Å². The van der Waals surface area contributed by atoms with Gasteiger partial charge in [0.15, 0.2) is 0 Å². The first-order chi connectivity index (χ1) is 8.72. The first-order valence-corrected chi connectivity index (χ1v) is 7.28. The fourth-order valence-electron chi connectivity index (χ4n) is 1.04. The number of rotatable bonds is 2. The van der Waals surface area contributed by atoms with Gasteiger partial charge in [-0.2, -0.15) is 0 Å². The van der Waals surface area contributed by atoms with E-state index in [4.69, 9.17) is 11.6 Å². The van der Waals surface area contributed by atoms with E-state index in [0.29, 0.717) is 5.28 Å². The summed E-state index contributed by atoms with van der Waals surface area (Å²) in [6, 6.07) is 0. The molecule has 0 aliphatic heterocycles. The van der Waals surface area contributed by atoms with Gasteiger partial charge in [-0.15, -0.1) is 0 Å². The van der Waals surface area contributed by atoms with Gasteiger partial charge >= 0.3 is 0 Å². The van der Waals surface area contributed by atoms with Crippen molar-refractivity contribution in [2.24, 2.45) is 5.41 Å². The lowest BCUT2D eigenvalue weighted by Crippen LogP contribution is -2.06. The first-order valence-electron chi connectivity index (χ1n) is 6.90. The van der Waals surface area contributed by atoms with Gasteiger partial charge in [0.2, 0.25) is 5.28 Å². The van der Waals surface area contributed by atoms with Crippen LogP contribution in [0.3, 0.4) is 0 Å². The highest BCUT2D eigenvalue weighted by molar-refractivity contribution is 6.28. The molecule has 0 aliphatic carbocycles. The van der Waals surface area contributed by atoms with Crippen LogP contribution in [0.2, 0.25) is 5.28 Å². The number of nitrogens with zero attached hydrogens (tertiary/aromatic N) is 2. The quantitative estimate of drug-likeness (QED) is 0.651. The summed E-state index contributed by atoms with van der Waals surface area (Å²) in [6.07, 6.45) is 6.52. The fraction of sp³-hybridized carbons (Fsp3) is 0.625. The van der Waals surface area contributed by atoms with Crippen molar-refractivity contribution in [3.8, 4) is 0 Å². The lowest BCUT2D eigenvalue weighted by atomic mass is 9.86. The molecule has 0 amide bonds. The molecule has 0 aliphatic rings. The summed E-state index contributed by atoms with van der Waals surface area (Å²) in [5, 5.41) is 0.304. The molecule has 3 heteroatoms. The number of hydrogen-bond donors (Lipinski definition) is 0. The Labute approximate surface area is 123 Å². The topological polar surface area (TPSA) is 25.8 Å². The molecule has 1 heterocycles. The Morgan fingerprint density at radius 2 is 1.79 bits per heavy atom. The van der Waals surface area contributed by atoms with Crippen molar-refractivity contribution in [3.05, 3.63) is 28.3 Å². The Morgan fingerprint density at radius 3 is 2.16 bits per heavy atom. The predicted molar refractivity (Wildman–Crippen MR) is 85.5 cm³/mol. The zero-order valence-electron chi connectivity index (χ0n) is 13.3. The van der Waals surface area contributed by atoms with E-state index < -0.39 is 0 Å². The van der Waals surface area contributed by atoms with E-state index in [-0.39, 0.29) is 5.41 Å². The molecule has 0 saturated carbocycles. The fourth-order valence-corrected chi connectivity index (χ4v) is 1.22. The first kappa shape index (κ1) is 18.1. The zero-order chi connectivity index (χ0) is 15.1. The van der Waals surface area contributed by atoms with Crippen molar-refractivity contribution in [1.29, 1.82) is 0 Å². The molecule has 0 unspecified atom stereocenters. The molecule has 2 nitrogen and oxygen atoms in total. The van der Waals surface area contributed by atoms with Crippen LogP contribution in [0.4, 0.5) is 0 Å². The zero-order valence-corrected chi connectivity index (χ0v) is 14.1. The summed E-state index contributed by atoms with van der Waals surface area (Å²) in [5.41, 5.74) is 3.42. The van der Waals surface area contributed by atoms with Crippen LogP contribution in [-0.2, 0) is 0 Å².